The first kappa shape index (κ1) is 22.3. The molecule has 7 nitrogen and oxygen atoms in total. The first-order valence-electron chi connectivity index (χ1n) is 11.3. The van der Waals surface area contributed by atoms with Crippen LogP contribution in [0.25, 0.3) is 11.1 Å². The number of nitrogens with one attached hydrogen (secondary N) is 1. The summed E-state index contributed by atoms with van der Waals surface area (Å²) in [4.78, 5) is 36.9. The van der Waals surface area contributed by atoms with Crippen molar-refractivity contribution in [3.63, 3.8) is 0 Å². The van der Waals surface area contributed by atoms with Gasteiger partial charge >= 0.3 is 12.1 Å². The zero-order valence-corrected chi connectivity index (χ0v) is 18.2. The molecule has 0 radical (unpaired) electrons. The highest BCUT2D eigenvalue weighted by Crippen LogP contribution is 2.56. The lowest BCUT2D eigenvalue weighted by Crippen LogP contribution is -2.39. The fraction of sp³-hybridized carbons (Fsp3) is 0.400. The third-order valence-corrected chi connectivity index (χ3v) is 6.85. The Bertz CT molecular complexity index is 1100. The van der Waals surface area contributed by atoms with Crippen molar-refractivity contribution in [2.75, 3.05) is 19.7 Å². The van der Waals surface area contributed by atoms with Gasteiger partial charge in [0.25, 0.3) is 5.92 Å². The number of aliphatic carboxylic acids is 1. The Labute approximate surface area is 194 Å². The van der Waals surface area contributed by atoms with Crippen molar-refractivity contribution < 1.29 is 33.0 Å². The molecule has 0 bridgehead atoms. The number of alkyl carbamates (subject to hydrolysis) is 1. The second-order valence-electron chi connectivity index (χ2n) is 9.06. The van der Waals surface area contributed by atoms with Crippen LogP contribution in [0, 0.1) is 11.8 Å². The molecule has 9 heteroatoms. The molecule has 3 aliphatic rings. The van der Waals surface area contributed by atoms with Gasteiger partial charge in [0.1, 0.15) is 19.1 Å². The number of nitrogens with zero attached hydrogens (tertiary/aromatic N) is 1. The second kappa shape index (κ2) is 8.38. The minimum atomic E-state index is -3.29. The Balaban J connectivity index is 1.17. The molecule has 2 aromatic rings. The Morgan fingerprint density at radius 2 is 1.62 bits per heavy atom. The molecule has 2 aromatic carbocycles. The summed E-state index contributed by atoms with van der Waals surface area (Å²) in [6.07, 6.45) is 0.389. The molecule has 5 rings (SSSR count). The first-order chi connectivity index (χ1) is 16.3. The summed E-state index contributed by atoms with van der Waals surface area (Å²) in [7, 11) is 0. The zero-order valence-electron chi connectivity index (χ0n) is 18.2. The molecule has 2 atom stereocenters. The number of hydrogen-bond acceptors (Lipinski definition) is 4. The largest absolute Gasteiger partial charge is 0.480 e. The lowest BCUT2D eigenvalue weighted by molar-refractivity contribution is -0.146. The van der Waals surface area contributed by atoms with E-state index in [1.165, 1.54) is 0 Å². The van der Waals surface area contributed by atoms with Crippen molar-refractivity contribution >= 4 is 18.0 Å². The molecule has 2 N–H and O–H groups in total. The van der Waals surface area contributed by atoms with E-state index in [9.17, 15) is 23.2 Å². The molecular formula is C25H24F2N2O5. The molecule has 0 saturated heterocycles. The van der Waals surface area contributed by atoms with Crippen molar-refractivity contribution in [3.8, 4) is 11.1 Å². The van der Waals surface area contributed by atoms with Gasteiger partial charge in [-0.05, 0) is 35.1 Å². The predicted molar refractivity (Wildman–Crippen MR) is 117 cm³/mol. The Hall–Kier alpha value is -3.49. The molecule has 178 valence electrons. The van der Waals surface area contributed by atoms with E-state index < -0.39 is 48.8 Å². The van der Waals surface area contributed by atoms with Gasteiger partial charge in [-0.1, -0.05) is 48.5 Å². The average Bonchev–Trinajstić information content (AvgIpc) is 3.71. The van der Waals surface area contributed by atoms with Crippen LogP contribution in [0.3, 0.4) is 0 Å². The summed E-state index contributed by atoms with van der Waals surface area (Å²) in [6.45, 7) is -0.967. The normalized spacial score (nSPS) is 21.8. The summed E-state index contributed by atoms with van der Waals surface area (Å²) >= 11 is 0. The number of amides is 2. The highest BCUT2D eigenvalue weighted by molar-refractivity contribution is 5.87. The van der Waals surface area contributed by atoms with Gasteiger partial charge in [-0.15, -0.1) is 0 Å². The highest BCUT2D eigenvalue weighted by atomic mass is 19.3. The van der Waals surface area contributed by atoms with Gasteiger partial charge in [-0.25, -0.2) is 13.6 Å². The van der Waals surface area contributed by atoms with E-state index in [1.807, 2.05) is 48.5 Å². The van der Waals surface area contributed by atoms with Crippen LogP contribution in [-0.2, 0) is 14.3 Å². The maximum atomic E-state index is 14.3. The van der Waals surface area contributed by atoms with E-state index in [1.54, 1.807) is 0 Å². The van der Waals surface area contributed by atoms with E-state index in [0.717, 1.165) is 27.2 Å². The van der Waals surface area contributed by atoms with Crippen LogP contribution in [0.5, 0.6) is 0 Å². The maximum Gasteiger partial charge on any atom is 0.407 e. The number of hydrogen-bond donors (Lipinski definition) is 2. The third-order valence-electron chi connectivity index (χ3n) is 6.85. The smallest absolute Gasteiger partial charge is 0.407 e. The minimum Gasteiger partial charge on any atom is -0.480 e. The van der Waals surface area contributed by atoms with Crippen molar-refractivity contribution in [1.29, 1.82) is 0 Å². The number of alkyl halides is 2. The SMILES string of the molecule is O=C(O)CN(C(=O)C1C(CNC(=O)OCC2c3ccccc3-c3ccccc32)C1(F)F)C1CC1. The van der Waals surface area contributed by atoms with Crippen molar-refractivity contribution in [3.05, 3.63) is 59.7 Å². The molecule has 2 unspecified atom stereocenters. The minimum absolute atomic E-state index is 0.0529. The molecule has 0 aliphatic heterocycles. The predicted octanol–water partition coefficient (Wildman–Crippen LogP) is 3.48. The van der Waals surface area contributed by atoms with E-state index >= 15 is 0 Å². The number of carbonyl (C=O) groups is 3. The summed E-state index contributed by atoms with van der Waals surface area (Å²) in [5.41, 5.74) is 4.23. The molecule has 2 fully saturated rings. The standard InChI is InChI=1S/C25H24F2N2O5/c26-25(27)20(22(25)23(32)29(12-21(30)31)14-9-10-14)11-28-24(33)34-13-19-17-7-3-1-5-15(17)16-6-2-4-8-18(16)19/h1-8,14,19-20,22H,9-13H2,(H,28,33)(H,30,31). The summed E-state index contributed by atoms with van der Waals surface area (Å²) in [6, 6.07) is 15.4. The molecule has 0 heterocycles. The van der Waals surface area contributed by atoms with Gasteiger partial charge in [-0.2, -0.15) is 0 Å². The number of halogens is 2. The summed E-state index contributed by atoms with van der Waals surface area (Å²) in [5.74, 6) is -8.55. The number of rotatable bonds is 8. The Morgan fingerprint density at radius 3 is 2.18 bits per heavy atom. The molecule has 2 saturated carbocycles. The van der Waals surface area contributed by atoms with Crippen LogP contribution >= 0.6 is 0 Å². The fourth-order valence-electron chi connectivity index (χ4n) is 4.92. The number of carboxylic acid groups (broad SMARTS) is 1. The van der Waals surface area contributed by atoms with Crippen LogP contribution < -0.4 is 5.32 Å². The topological polar surface area (TPSA) is 95.9 Å². The lowest BCUT2D eigenvalue weighted by atomic mass is 9.98. The summed E-state index contributed by atoms with van der Waals surface area (Å²) < 4.78 is 34.0. The molecule has 3 aliphatic carbocycles. The monoisotopic (exact) mass is 470 g/mol. The van der Waals surface area contributed by atoms with Crippen LogP contribution in [0.1, 0.15) is 29.9 Å². The quantitative estimate of drug-likeness (QED) is 0.616. The first-order valence-corrected chi connectivity index (χ1v) is 11.3. The third kappa shape index (κ3) is 3.99. The zero-order chi connectivity index (χ0) is 24.0. The Kier molecular flexibility index (Phi) is 5.50. The van der Waals surface area contributed by atoms with Crippen LogP contribution in [-0.4, -0.2) is 59.6 Å². The van der Waals surface area contributed by atoms with Crippen LogP contribution in [0.15, 0.2) is 48.5 Å². The van der Waals surface area contributed by atoms with Gasteiger partial charge < -0.3 is 20.1 Å². The molecule has 34 heavy (non-hydrogen) atoms. The van der Waals surface area contributed by atoms with E-state index in [-0.39, 0.29) is 18.6 Å². The second-order valence-corrected chi connectivity index (χ2v) is 9.06. The molecule has 0 spiro atoms. The number of carboxylic acids is 1. The van der Waals surface area contributed by atoms with E-state index in [0.29, 0.717) is 12.8 Å². The highest BCUT2D eigenvalue weighted by Gasteiger charge is 2.72. The summed E-state index contributed by atoms with van der Waals surface area (Å²) in [5, 5.41) is 11.4. The van der Waals surface area contributed by atoms with E-state index in [2.05, 4.69) is 5.32 Å². The lowest BCUT2D eigenvalue weighted by Gasteiger charge is -2.20. The van der Waals surface area contributed by atoms with Gasteiger partial charge in [0.05, 0.1) is 5.92 Å². The Morgan fingerprint density at radius 1 is 1.03 bits per heavy atom. The number of ether oxygens (including phenoxy) is 1. The molecular weight excluding hydrogens is 446 g/mol. The van der Waals surface area contributed by atoms with Gasteiger partial charge in [-0.3, -0.25) is 9.59 Å². The van der Waals surface area contributed by atoms with E-state index in [4.69, 9.17) is 9.84 Å². The molecule has 0 aromatic heterocycles. The average molecular weight is 470 g/mol. The van der Waals surface area contributed by atoms with Gasteiger partial charge in [0.2, 0.25) is 5.91 Å². The number of carbonyl (C=O) groups excluding carboxylic acids is 2. The number of benzene rings is 2. The van der Waals surface area contributed by atoms with Crippen molar-refractivity contribution in [2.24, 2.45) is 11.8 Å². The number of fused-ring (bicyclic) bond motifs is 3. The van der Waals surface area contributed by atoms with Gasteiger partial charge in [0, 0.05) is 18.5 Å². The van der Waals surface area contributed by atoms with Gasteiger partial charge in [0.15, 0.2) is 0 Å². The molecule has 2 amide bonds. The van der Waals surface area contributed by atoms with Crippen molar-refractivity contribution in [2.45, 2.75) is 30.7 Å². The van der Waals surface area contributed by atoms with Crippen LogP contribution in [0.4, 0.5) is 13.6 Å². The van der Waals surface area contributed by atoms with Crippen molar-refractivity contribution in [1.82, 2.24) is 10.2 Å². The fourth-order valence-corrected chi connectivity index (χ4v) is 4.92. The van der Waals surface area contributed by atoms with Crippen LogP contribution in [0.2, 0.25) is 0 Å². The maximum absolute atomic E-state index is 14.3.